The molecule has 2 N–H and O–H groups in total. The maximum absolute atomic E-state index is 6.07. The number of benzene rings is 1. The SMILES string of the molecule is CCNC(=NCCOC)NC1CCN(c2cccc(Cl)c2)C1. The van der Waals surface area contributed by atoms with E-state index in [-0.39, 0.29) is 0 Å². The smallest absolute Gasteiger partial charge is 0.191 e. The van der Waals surface area contributed by atoms with Gasteiger partial charge in [0.05, 0.1) is 13.2 Å². The molecular weight excluding hydrogens is 300 g/mol. The summed E-state index contributed by atoms with van der Waals surface area (Å²) in [5, 5.41) is 7.56. The maximum atomic E-state index is 6.07. The van der Waals surface area contributed by atoms with Crippen LogP contribution in [0.4, 0.5) is 5.69 Å². The van der Waals surface area contributed by atoms with Crippen LogP contribution in [-0.4, -0.2) is 51.9 Å². The van der Waals surface area contributed by atoms with Gasteiger partial charge in [-0.25, -0.2) is 0 Å². The first-order valence-corrected chi connectivity index (χ1v) is 8.15. The van der Waals surface area contributed by atoms with Gasteiger partial charge < -0.3 is 20.3 Å². The van der Waals surface area contributed by atoms with E-state index in [4.69, 9.17) is 16.3 Å². The van der Waals surface area contributed by atoms with Gasteiger partial charge in [-0.2, -0.15) is 0 Å². The lowest BCUT2D eigenvalue weighted by atomic mass is 10.3. The number of rotatable bonds is 6. The summed E-state index contributed by atoms with van der Waals surface area (Å²) in [5.74, 6) is 0.859. The van der Waals surface area contributed by atoms with E-state index < -0.39 is 0 Å². The third-order valence-corrected chi connectivity index (χ3v) is 3.85. The number of nitrogens with zero attached hydrogens (tertiary/aromatic N) is 2. The highest BCUT2D eigenvalue weighted by Crippen LogP contribution is 2.23. The van der Waals surface area contributed by atoms with Crippen molar-refractivity contribution >= 4 is 23.2 Å². The van der Waals surface area contributed by atoms with Crippen LogP contribution in [0.25, 0.3) is 0 Å². The molecule has 0 saturated carbocycles. The predicted octanol–water partition coefficient (Wildman–Crippen LogP) is 2.12. The fraction of sp³-hybridized carbons (Fsp3) is 0.562. The zero-order chi connectivity index (χ0) is 15.8. The molecule has 0 aromatic heterocycles. The number of halogens is 1. The normalized spacial score (nSPS) is 18.6. The molecule has 1 aliphatic rings. The topological polar surface area (TPSA) is 48.9 Å². The van der Waals surface area contributed by atoms with Crippen molar-refractivity contribution in [3.8, 4) is 0 Å². The zero-order valence-electron chi connectivity index (χ0n) is 13.3. The van der Waals surface area contributed by atoms with E-state index in [0.29, 0.717) is 19.2 Å². The molecule has 1 aromatic rings. The Hall–Kier alpha value is -1.46. The number of hydrogen-bond donors (Lipinski definition) is 2. The van der Waals surface area contributed by atoms with Crippen LogP contribution in [0.3, 0.4) is 0 Å². The first-order valence-electron chi connectivity index (χ1n) is 7.77. The van der Waals surface area contributed by atoms with Crippen molar-refractivity contribution in [3.63, 3.8) is 0 Å². The molecule has 0 radical (unpaired) electrons. The van der Waals surface area contributed by atoms with E-state index in [9.17, 15) is 0 Å². The van der Waals surface area contributed by atoms with Gasteiger partial charge in [0.15, 0.2) is 5.96 Å². The van der Waals surface area contributed by atoms with Crippen LogP contribution in [0.1, 0.15) is 13.3 Å². The summed E-state index contributed by atoms with van der Waals surface area (Å²) in [5.41, 5.74) is 1.18. The van der Waals surface area contributed by atoms with Crippen LogP contribution in [0.2, 0.25) is 5.02 Å². The zero-order valence-corrected chi connectivity index (χ0v) is 14.1. The van der Waals surface area contributed by atoms with Crippen LogP contribution in [0, 0.1) is 0 Å². The van der Waals surface area contributed by atoms with Crippen molar-refractivity contribution in [2.24, 2.45) is 4.99 Å². The van der Waals surface area contributed by atoms with Gasteiger partial charge in [0, 0.05) is 43.5 Å². The number of guanidine groups is 1. The van der Waals surface area contributed by atoms with Crippen LogP contribution in [0.5, 0.6) is 0 Å². The van der Waals surface area contributed by atoms with Crippen molar-refractivity contribution in [2.75, 3.05) is 44.8 Å². The monoisotopic (exact) mass is 324 g/mol. The Morgan fingerprint density at radius 2 is 2.36 bits per heavy atom. The third kappa shape index (κ3) is 5.07. The van der Waals surface area contributed by atoms with Crippen LogP contribution in [0.15, 0.2) is 29.3 Å². The standard InChI is InChI=1S/C16H25ClN4O/c1-3-18-16(19-8-10-22-2)20-14-7-9-21(12-14)15-6-4-5-13(17)11-15/h4-6,11,14H,3,7-10,12H2,1-2H3,(H2,18,19,20). The van der Waals surface area contributed by atoms with E-state index in [0.717, 1.165) is 37.0 Å². The number of aliphatic imine (C=N–C) groups is 1. The summed E-state index contributed by atoms with van der Waals surface area (Å²) in [7, 11) is 1.69. The van der Waals surface area contributed by atoms with Gasteiger partial charge in [0.25, 0.3) is 0 Å². The fourth-order valence-electron chi connectivity index (χ4n) is 2.55. The van der Waals surface area contributed by atoms with Crippen molar-refractivity contribution in [1.29, 1.82) is 0 Å². The molecule has 1 aliphatic heterocycles. The van der Waals surface area contributed by atoms with Gasteiger partial charge in [-0.1, -0.05) is 17.7 Å². The molecule has 6 heteroatoms. The molecule has 1 saturated heterocycles. The number of ether oxygens (including phenoxy) is 1. The Morgan fingerprint density at radius 3 is 3.09 bits per heavy atom. The Morgan fingerprint density at radius 1 is 1.50 bits per heavy atom. The summed E-state index contributed by atoms with van der Waals surface area (Å²) >= 11 is 6.07. The van der Waals surface area contributed by atoms with Crippen LogP contribution in [-0.2, 0) is 4.74 Å². The van der Waals surface area contributed by atoms with Crippen molar-refractivity contribution in [3.05, 3.63) is 29.3 Å². The van der Waals surface area contributed by atoms with Gasteiger partial charge >= 0.3 is 0 Å². The second kappa shape index (κ2) is 8.86. The van der Waals surface area contributed by atoms with Crippen molar-refractivity contribution in [2.45, 2.75) is 19.4 Å². The summed E-state index contributed by atoms with van der Waals surface area (Å²) in [6, 6.07) is 8.41. The van der Waals surface area contributed by atoms with E-state index in [1.165, 1.54) is 5.69 Å². The fourth-order valence-corrected chi connectivity index (χ4v) is 2.73. The summed E-state index contributed by atoms with van der Waals surface area (Å²) in [4.78, 5) is 6.86. The second-order valence-electron chi connectivity index (χ2n) is 5.31. The molecule has 2 rings (SSSR count). The molecule has 0 spiro atoms. The Bertz CT molecular complexity index is 495. The van der Waals surface area contributed by atoms with E-state index in [1.54, 1.807) is 7.11 Å². The molecule has 0 aliphatic carbocycles. The molecule has 0 amide bonds. The molecule has 1 atom stereocenters. The molecule has 22 heavy (non-hydrogen) atoms. The van der Waals surface area contributed by atoms with Gasteiger partial charge in [-0.15, -0.1) is 0 Å². The molecule has 1 heterocycles. The Balaban J connectivity index is 1.90. The number of hydrogen-bond acceptors (Lipinski definition) is 3. The minimum Gasteiger partial charge on any atom is -0.383 e. The summed E-state index contributed by atoms with van der Waals surface area (Å²) in [6.07, 6.45) is 1.08. The summed E-state index contributed by atoms with van der Waals surface area (Å²) in [6.45, 7) is 6.20. The minimum atomic E-state index is 0.388. The van der Waals surface area contributed by atoms with Gasteiger partial charge in [0.1, 0.15) is 0 Å². The largest absolute Gasteiger partial charge is 0.383 e. The van der Waals surface area contributed by atoms with Crippen LogP contribution >= 0.6 is 11.6 Å². The third-order valence-electron chi connectivity index (χ3n) is 3.61. The quantitative estimate of drug-likeness (QED) is 0.478. The number of methoxy groups -OCH3 is 1. The van der Waals surface area contributed by atoms with Gasteiger partial charge in [-0.3, -0.25) is 4.99 Å². The molecule has 1 aromatic carbocycles. The highest BCUT2D eigenvalue weighted by Gasteiger charge is 2.23. The average molecular weight is 325 g/mol. The molecular formula is C16H25ClN4O. The van der Waals surface area contributed by atoms with Gasteiger partial charge in [-0.05, 0) is 31.5 Å². The van der Waals surface area contributed by atoms with E-state index in [1.807, 2.05) is 18.2 Å². The van der Waals surface area contributed by atoms with Crippen LogP contribution < -0.4 is 15.5 Å². The predicted molar refractivity (Wildman–Crippen MR) is 93.1 cm³/mol. The molecule has 5 nitrogen and oxygen atoms in total. The highest BCUT2D eigenvalue weighted by molar-refractivity contribution is 6.30. The Kier molecular flexibility index (Phi) is 6.80. The maximum Gasteiger partial charge on any atom is 0.191 e. The van der Waals surface area contributed by atoms with Crippen molar-refractivity contribution in [1.82, 2.24) is 10.6 Å². The van der Waals surface area contributed by atoms with E-state index in [2.05, 4.69) is 33.5 Å². The molecule has 1 unspecified atom stereocenters. The minimum absolute atomic E-state index is 0.388. The average Bonchev–Trinajstić information content (AvgIpc) is 2.96. The first kappa shape index (κ1) is 16.9. The molecule has 1 fully saturated rings. The van der Waals surface area contributed by atoms with E-state index >= 15 is 0 Å². The lowest BCUT2D eigenvalue weighted by molar-refractivity contribution is 0.208. The Labute approximate surface area is 137 Å². The lowest BCUT2D eigenvalue weighted by Gasteiger charge is -2.20. The summed E-state index contributed by atoms with van der Waals surface area (Å²) < 4.78 is 5.04. The lowest BCUT2D eigenvalue weighted by Crippen LogP contribution is -2.44. The number of nitrogens with one attached hydrogen (secondary N) is 2. The highest BCUT2D eigenvalue weighted by atomic mass is 35.5. The van der Waals surface area contributed by atoms with Gasteiger partial charge in [0.2, 0.25) is 0 Å². The number of anilines is 1. The molecule has 122 valence electrons. The molecule has 0 bridgehead atoms. The second-order valence-corrected chi connectivity index (χ2v) is 5.75. The van der Waals surface area contributed by atoms with Crippen molar-refractivity contribution < 1.29 is 4.74 Å². The first-order chi connectivity index (χ1) is 10.7.